The standard InChI is InChI=1S/C24H27Cl2NO4/c1-14(2)23-20(27-24(31-23)17-6-4-15(3)12-18(17)25)7-8-21(29)16-5-9-22(19(26)13-16)30-11-10-28/h4-6,9,12-14,21,28-29H,7-8,10-11H2,1-3H3. The van der Waals surface area contributed by atoms with Crippen LogP contribution in [0.15, 0.2) is 40.8 Å². The van der Waals surface area contributed by atoms with Crippen LogP contribution in [0, 0.1) is 6.92 Å². The summed E-state index contributed by atoms with van der Waals surface area (Å²) in [5.74, 6) is 1.91. The Hall–Kier alpha value is -2.05. The van der Waals surface area contributed by atoms with Crippen molar-refractivity contribution in [2.45, 2.75) is 45.6 Å². The summed E-state index contributed by atoms with van der Waals surface area (Å²) in [6.07, 6.45) is 0.287. The fourth-order valence-electron chi connectivity index (χ4n) is 3.34. The number of halogens is 2. The minimum Gasteiger partial charge on any atom is -0.490 e. The van der Waals surface area contributed by atoms with Crippen molar-refractivity contribution in [3.05, 3.63) is 69.0 Å². The summed E-state index contributed by atoms with van der Waals surface area (Å²) >= 11 is 12.6. The van der Waals surface area contributed by atoms with E-state index in [0.717, 1.165) is 22.6 Å². The molecule has 0 aliphatic rings. The van der Waals surface area contributed by atoms with Crippen LogP contribution in [0.4, 0.5) is 0 Å². The van der Waals surface area contributed by atoms with E-state index < -0.39 is 6.10 Å². The molecule has 1 unspecified atom stereocenters. The minimum absolute atomic E-state index is 0.0909. The molecule has 7 heteroatoms. The van der Waals surface area contributed by atoms with E-state index in [1.807, 2.05) is 39.0 Å². The van der Waals surface area contributed by atoms with E-state index in [2.05, 4.69) is 0 Å². The predicted molar refractivity (Wildman–Crippen MR) is 123 cm³/mol. The zero-order valence-electron chi connectivity index (χ0n) is 17.9. The molecule has 5 nitrogen and oxygen atoms in total. The molecule has 1 aromatic heterocycles. The summed E-state index contributed by atoms with van der Waals surface area (Å²) in [5.41, 5.74) is 3.33. The first-order valence-corrected chi connectivity index (χ1v) is 11.0. The van der Waals surface area contributed by atoms with Crippen molar-refractivity contribution in [1.29, 1.82) is 0 Å². The van der Waals surface area contributed by atoms with E-state index >= 15 is 0 Å². The number of aryl methyl sites for hydroxylation is 2. The second-order valence-electron chi connectivity index (χ2n) is 7.78. The summed E-state index contributed by atoms with van der Waals surface area (Å²) in [4.78, 5) is 4.69. The van der Waals surface area contributed by atoms with Crippen molar-refractivity contribution in [1.82, 2.24) is 4.98 Å². The van der Waals surface area contributed by atoms with Gasteiger partial charge in [-0.25, -0.2) is 4.98 Å². The van der Waals surface area contributed by atoms with Crippen molar-refractivity contribution in [3.8, 4) is 17.2 Å². The monoisotopic (exact) mass is 463 g/mol. The van der Waals surface area contributed by atoms with Gasteiger partial charge in [-0.3, -0.25) is 0 Å². The van der Waals surface area contributed by atoms with Gasteiger partial charge in [0.15, 0.2) is 0 Å². The first kappa shape index (κ1) is 23.6. The molecule has 0 spiro atoms. The summed E-state index contributed by atoms with van der Waals surface area (Å²) in [6, 6.07) is 10.9. The molecule has 2 aromatic carbocycles. The molecule has 0 radical (unpaired) electrons. The molecular formula is C24H27Cl2NO4. The van der Waals surface area contributed by atoms with Gasteiger partial charge in [0.2, 0.25) is 5.89 Å². The molecule has 3 aromatic rings. The molecular weight excluding hydrogens is 437 g/mol. The molecule has 3 rings (SSSR count). The Morgan fingerprint density at radius 2 is 1.87 bits per heavy atom. The fraction of sp³-hybridized carbons (Fsp3) is 0.375. The topological polar surface area (TPSA) is 75.7 Å². The van der Waals surface area contributed by atoms with E-state index in [0.29, 0.717) is 40.1 Å². The summed E-state index contributed by atoms with van der Waals surface area (Å²) in [6.45, 7) is 6.15. The Labute approximate surface area is 192 Å². The lowest BCUT2D eigenvalue weighted by atomic mass is 10.0. The lowest BCUT2D eigenvalue weighted by Gasteiger charge is -2.13. The number of nitrogens with zero attached hydrogens (tertiary/aromatic N) is 1. The van der Waals surface area contributed by atoms with Gasteiger partial charge in [0, 0.05) is 5.92 Å². The average molecular weight is 464 g/mol. The first-order valence-electron chi connectivity index (χ1n) is 10.3. The van der Waals surface area contributed by atoms with Gasteiger partial charge in [0.25, 0.3) is 0 Å². The van der Waals surface area contributed by atoms with E-state index in [1.165, 1.54) is 0 Å². The molecule has 0 saturated heterocycles. The number of hydrogen-bond donors (Lipinski definition) is 2. The van der Waals surface area contributed by atoms with Gasteiger partial charge in [-0.2, -0.15) is 0 Å². The van der Waals surface area contributed by atoms with Gasteiger partial charge < -0.3 is 19.4 Å². The number of ether oxygens (including phenoxy) is 1. The first-order chi connectivity index (χ1) is 14.8. The number of aromatic nitrogens is 1. The largest absolute Gasteiger partial charge is 0.490 e. The second-order valence-corrected chi connectivity index (χ2v) is 8.60. The van der Waals surface area contributed by atoms with Gasteiger partial charge in [0.05, 0.1) is 34.0 Å². The molecule has 2 N–H and O–H groups in total. The summed E-state index contributed by atoms with van der Waals surface area (Å²) < 4.78 is 11.4. The molecule has 0 amide bonds. The van der Waals surface area contributed by atoms with E-state index in [9.17, 15) is 5.11 Å². The maximum atomic E-state index is 10.7. The Morgan fingerprint density at radius 1 is 1.10 bits per heavy atom. The molecule has 0 fully saturated rings. The Kier molecular flexibility index (Phi) is 8.00. The summed E-state index contributed by atoms with van der Waals surface area (Å²) in [5, 5.41) is 20.5. The van der Waals surface area contributed by atoms with E-state index in [-0.39, 0.29) is 19.1 Å². The van der Waals surface area contributed by atoms with Gasteiger partial charge in [-0.05, 0) is 55.2 Å². The third-order valence-electron chi connectivity index (χ3n) is 4.95. The molecule has 1 heterocycles. The second kappa shape index (κ2) is 10.5. The molecule has 0 bridgehead atoms. The molecule has 0 saturated carbocycles. The average Bonchev–Trinajstić information content (AvgIpc) is 3.15. The highest BCUT2D eigenvalue weighted by atomic mass is 35.5. The molecule has 166 valence electrons. The van der Waals surface area contributed by atoms with Crippen molar-refractivity contribution in [3.63, 3.8) is 0 Å². The number of aliphatic hydroxyl groups excluding tert-OH is 2. The lowest BCUT2D eigenvalue weighted by Crippen LogP contribution is -2.04. The van der Waals surface area contributed by atoms with Gasteiger partial charge >= 0.3 is 0 Å². The number of rotatable bonds is 9. The van der Waals surface area contributed by atoms with E-state index in [1.54, 1.807) is 18.2 Å². The van der Waals surface area contributed by atoms with Gasteiger partial charge in [0.1, 0.15) is 18.1 Å². The quantitative estimate of drug-likeness (QED) is 0.399. The van der Waals surface area contributed by atoms with Crippen molar-refractivity contribution < 1.29 is 19.4 Å². The predicted octanol–water partition coefficient (Wildman–Crippen LogP) is 6.12. The Balaban J connectivity index is 1.76. The number of oxazole rings is 1. The molecule has 31 heavy (non-hydrogen) atoms. The number of benzene rings is 2. The highest BCUT2D eigenvalue weighted by molar-refractivity contribution is 6.33. The molecule has 1 atom stereocenters. The maximum Gasteiger partial charge on any atom is 0.228 e. The summed E-state index contributed by atoms with van der Waals surface area (Å²) in [7, 11) is 0. The van der Waals surface area contributed by atoms with Crippen molar-refractivity contribution in [2.24, 2.45) is 0 Å². The van der Waals surface area contributed by atoms with Crippen LogP contribution in [0.1, 0.15) is 54.9 Å². The lowest BCUT2D eigenvalue weighted by molar-refractivity contribution is 0.167. The Morgan fingerprint density at radius 3 is 2.52 bits per heavy atom. The fourth-order valence-corrected chi connectivity index (χ4v) is 3.90. The van der Waals surface area contributed by atoms with E-state index in [4.69, 9.17) is 42.4 Å². The zero-order chi connectivity index (χ0) is 22.5. The van der Waals surface area contributed by atoms with Crippen LogP contribution in [-0.2, 0) is 6.42 Å². The van der Waals surface area contributed by atoms with Crippen LogP contribution in [0.2, 0.25) is 10.0 Å². The third-order valence-corrected chi connectivity index (χ3v) is 5.56. The molecule has 0 aliphatic heterocycles. The SMILES string of the molecule is Cc1ccc(-c2nc(CCC(O)c3ccc(OCCO)c(Cl)c3)c(C(C)C)o2)c(Cl)c1. The van der Waals surface area contributed by atoms with Gasteiger partial charge in [-0.15, -0.1) is 0 Å². The number of hydrogen-bond acceptors (Lipinski definition) is 5. The van der Waals surface area contributed by atoms with Crippen LogP contribution in [0.3, 0.4) is 0 Å². The van der Waals surface area contributed by atoms with Crippen molar-refractivity contribution in [2.75, 3.05) is 13.2 Å². The minimum atomic E-state index is -0.715. The highest BCUT2D eigenvalue weighted by Crippen LogP contribution is 2.34. The van der Waals surface area contributed by atoms with Crippen LogP contribution in [0.25, 0.3) is 11.5 Å². The molecule has 0 aliphatic carbocycles. The Bertz CT molecular complexity index is 1030. The van der Waals surface area contributed by atoms with Crippen LogP contribution >= 0.6 is 23.2 Å². The van der Waals surface area contributed by atoms with Gasteiger partial charge in [-0.1, -0.05) is 49.2 Å². The third kappa shape index (κ3) is 5.80. The van der Waals surface area contributed by atoms with Crippen LogP contribution in [-0.4, -0.2) is 28.4 Å². The maximum absolute atomic E-state index is 10.7. The number of aliphatic hydroxyl groups is 2. The smallest absolute Gasteiger partial charge is 0.228 e. The van der Waals surface area contributed by atoms with Crippen molar-refractivity contribution >= 4 is 23.2 Å². The zero-order valence-corrected chi connectivity index (χ0v) is 19.4. The van der Waals surface area contributed by atoms with Crippen LogP contribution in [0.5, 0.6) is 5.75 Å². The van der Waals surface area contributed by atoms with Crippen LogP contribution < -0.4 is 4.74 Å². The highest BCUT2D eigenvalue weighted by Gasteiger charge is 2.20. The normalized spacial score (nSPS) is 12.4.